The maximum atomic E-state index is 13.0. The summed E-state index contributed by atoms with van der Waals surface area (Å²) < 4.78 is 14.7. The lowest BCUT2D eigenvalue weighted by Crippen LogP contribution is -2.33. The summed E-state index contributed by atoms with van der Waals surface area (Å²) in [4.78, 5) is 11.8. The summed E-state index contributed by atoms with van der Waals surface area (Å²) in [7, 11) is 1.79. The van der Waals surface area contributed by atoms with Crippen LogP contribution >= 0.6 is 11.6 Å². The molecular weight excluding hydrogens is 281 g/mol. The maximum absolute atomic E-state index is 13.0. The van der Waals surface area contributed by atoms with Crippen molar-refractivity contribution in [1.29, 1.82) is 0 Å². The van der Waals surface area contributed by atoms with E-state index in [9.17, 15) is 9.18 Å². The van der Waals surface area contributed by atoms with E-state index >= 15 is 0 Å². The third kappa shape index (κ3) is 3.36. The first kappa shape index (κ1) is 14.5. The van der Waals surface area contributed by atoms with Gasteiger partial charge in [-0.15, -0.1) is 11.6 Å². The fourth-order valence-corrected chi connectivity index (χ4v) is 1.92. The molecule has 1 amide bonds. The fraction of sp³-hybridized carbons (Fsp3) is 0.286. The van der Waals surface area contributed by atoms with Crippen molar-refractivity contribution in [2.75, 3.05) is 0 Å². The lowest BCUT2D eigenvalue weighted by atomic mass is 10.0. The van der Waals surface area contributed by atoms with Crippen LogP contribution in [0.1, 0.15) is 24.1 Å². The van der Waals surface area contributed by atoms with Crippen LogP contribution in [0.25, 0.3) is 0 Å². The number of alkyl halides is 1. The molecule has 2 aromatic rings. The van der Waals surface area contributed by atoms with Crippen molar-refractivity contribution in [3.05, 3.63) is 53.6 Å². The number of halogens is 2. The Morgan fingerprint density at radius 1 is 1.35 bits per heavy atom. The molecule has 2 rings (SSSR count). The molecule has 0 fully saturated rings. The molecule has 2 unspecified atom stereocenters. The molecule has 1 heterocycles. The zero-order valence-corrected chi connectivity index (χ0v) is 11.9. The van der Waals surface area contributed by atoms with Crippen molar-refractivity contribution in [2.24, 2.45) is 7.05 Å². The van der Waals surface area contributed by atoms with Crippen molar-refractivity contribution in [3.63, 3.8) is 0 Å². The van der Waals surface area contributed by atoms with Gasteiger partial charge >= 0.3 is 0 Å². The minimum Gasteiger partial charge on any atom is -0.344 e. The van der Waals surface area contributed by atoms with Gasteiger partial charge in [-0.3, -0.25) is 9.48 Å². The second-order valence-corrected chi connectivity index (χ2v) is 5.21. The van der Waals surface area contributed by atoms with Crippen LogP contribution in [0.5, 0.6) is 0 Å². The second kappa shape index (κ2) is 6.05. The van der Waals surface area contributed by atoms with Crippen molar-refractivity contribution in [2.45, 2.75) is 18.3 Å². The van der Waals surface area contributed by atoms with Crippen LogP contribution in [0, 0.1) is 5.82 Å². The standard InChI is InChI=1S/C14H15ClFN3O/c1-9(15)14(20)18-13(11-7-17-19(2)8-11)10-3-5-12(16)6-4-10/h3-9,13H,1-2H3,(H,18,20). The normalized spacial score (nSPS) is 13.8. The SMILES string of the molecule is CC(Cl)C(=O)NC(c1ccc(F)cc1)c1cnn(C)c1. The predicted octanol–water partition coefficient (Wildman–Crippen LogP) is 2.39. The number of nitrogens with zero attached hydrogens (tertiary/aromatic N) is 2. The van der Waals surface area contributed by atoms with Gasteiger partial charge in [-0.05, 0) is 24.6 Å². The highest BCUT2D eigenvalue weighted by molar-refractivity contribution is 6.30. The molecule has 4 nitrogen and oxygen atoms in total. The van der Waals surface area contributed by atoms with Crippen LogP contribution in [0.3, 0.4) is 0 Å². The van der Waals surface area contributed by atoms with E-state index in [2.05, 4.69) is 10.4 Å². The number of amides is 1. The highest BCUT2D eigenvalue weighted by Gasteiger charge is 2.20. The predicted molar refractivity (Wildman–Crippen MR) is 74.9 cm³/mol. The molecule has 0 aliphatic heterocycles. The van der Waals surface area contributed by atoms with E-state index in [1.807, 2.05) is 0 Å². The van der Waals surface area contributed by atoms with Crippen molar-refractivity contribution < 1.29 is 9.18 Å². The van der Waals surface area contributed by atoms with Crippen LogP contribution in [-0.4, -0.2) is 21.1 Å². The topological polar surface area (TPSA) is 46.9 Å². The summed E-state index contributed by atoms with van der Waals surface area (Å²) >= 11 is 5.78. The van der Waals surface area contributed by atoms with E-state index < -0.39 is 11.4 Å². The van der Waals surface area contributed by atoms with Gasteiger partial charge < -0.3 is 5.32 Å². The summed E-state index contributed by atoms with van der Waals surface area (Å²) in [6, 6.07) is 5.57. The lowest BCUT2D eigenvalue weighted by molar-refractivity contribution is -0.120. The number of benzene rings is 1. The van der Waals surface area contributed by atoms with E-state index in [1.54, 1.807) is 43.2 Å². The van der Waals surface area contributed by atoms with Gasteiger partial charge in [0.1, 0.15) is 11.2 Å². The monoisotopic (exact) mass is 295 g/mol. The fourth-order valence-electron chi connectivity index (χ4n) is 1.86. The second-order valence-electron chi connectivity index (χ2n) is 4.56. The van der Waals surface area contributed by atoms with Crippen LogP contribution in [0.2, 0.25) is 0 Å². The minimum absolute atomic E-state index is 0.287. The average Bonchev–Trinajstić information content (AvgIpc) is 2.83. The highest BCUT2D eigenvalue weighted by atomic mass is 35.5. The molecule has 106 valence electrons. The Kier molecular flexibility index (Phi) is 4.39. The molecule has 0 bridgehead atoms. The number of rotatable bonds is 4. The molecule has 1 N–H and O–H groups in total. The molecule has 0 aliphatic carbocycles. The van der Waals surface area contributed by atoms with Gasteiger partial charge in [0.2, 0.25) is 5.91 Å². The Balaban J connectivity index is 2.33. The average molecular weight is 296 g/mol. The molecule has 1 aromatic heterocycles. The van der Waals surface area contributed by atoms with Crippen molar-refractivity contribution in [3.8, 4) is 0 Å². The molecule has 6 heteroatoms. The zero-order valence-electron chi connectivity index (χ0n) is 11.2. The van der Waals surface area contributed by atoms with Gasteiger partial charge in [-0.1, -0.05) is 12.1 Å². The third-order valence-electron chi connectivity index (χ3n) is 2.91. The minimum atomic E-state index is -0.644. The van der Waals surface area contributed by atoms with Gasteiger partial charge in [0.15, 0.2) is 0 Å². The van der Waals surface area contributed by atoms with E-state index in [0.717, 1.165) is 11.1 Å². The summed E-state index contributed by atoms with van der Waals surface area (Å²) in [5, 5.41) is 6.28. The first-order valence-corrected chi connectivity index (χ1v) is 6.59. The van der Waals surface area contributed by atoms with E-state index in [0.29, 0.717) is 0 Å². The number of carbonyl (C=O) groups excluding carboxylic acids is 1. The summed E-state index contributed by atoms with van der Waals surface area (Å²) in [5.41, 5.74) is 1.58. The quantitative estimate of drug-likeness (QED) is 0.881. The molecule has 0 radical (unpaired) electrons. The Morgan fingerprint density at radius 2 is 2.00 bits per heavy atom. The van der Waals surface area contributed by atoms with Gasteiger partial charge in [0, 0.05) is 18.8 Å². The first-order chi connectivity index (χ1) is 9.47. The molecule has 2 atom stereocenters. The Morgan fingerprint density at radius 3 is 2.50 bits per heavy atom. The summed E-state index contributed by atoms with van der Waals surface area (Å²) in [6.07, 6.45) is 3.46. The van der Waals surface area contributed by atoms with Crippen LogP contribution < -0.4 is 5.32 Å². The molecular formula is C14H15ClFN3O. The van der Waals surface area contributed by atoms with E-state index in [4.69, 9.17) is 11.6 Å². The largest absolute Gasteiger partial charge is 0.344 e. The number of hydrogen-bond donors (Lipinski definition) is 1. The van der Waals surface area contributed by atoms with Gasteiger partial charge in [0.25, 0.3) is 0 Å². The Labute approximate surface area is 121 Å². The van der Waals surface area contributed by atoms with Crippen LogP contribution in [-0.2, 0) is 11.8 Å². The Hall–Kier alpha value is -1.88. The van der Waals surface area contributed by atoms with Gasteiger partial charge in [-0.2, -0.15) is 5.10 Å². The smallest absolute Gasteiger partial charge is 0.238 e. The molecule has 1 aromatic carbocycles. The number of carbonyl (C=O) groups is 1. The molecule has 0 spiro atoms. The number of aromatic nitrogens is 2. The van der Waals surface area contributed by atoms with Crippen molar-refractivity contribution >= 4 is 17.5 Å². The lowest BCUT2D eigenvalue weighted by Gasteiger charge is -2.19. The van der Waals surface area contributed by atoms with Gasteiger partial charge in [0.05, 0.1) is 12.2 Å². The summed E-state index contributed by atoms with van der Waals surface area (Å²) in [5.74, 6) is -0.611. The molecule has 0 saturated carbocycles. The highest BCUT2D eigenvalue weighted by Crippen LogP contribution is 2.22. The molecule has 20 heavy (non-hydrogen) atoms. The number of hydrogen-bond acceptors (Lipinski definition) is 2. The first-order valence-electron chi connectivity index (χ1n) is 6.16. The summed E-state index contributed by atoms with van der Waals surface area (Å²) in [6.45, 7) is 1.60. The number of nitrogens with one attached hydrogen (secondary N) is 1. The molecule has 0 aliphatic rings. The van der Waals surface area contributed by atoms with Crippen LogP contribution in [0.4, 0.5) is 4.39 Å². The van der Waals surface area contributed by atoms with Gasteiger partial charge in [-0.25, -0.2) is 4.39 Å². The Bertz CT molecular complexity index is 595. The zero-order chi connectivity index (χ0) is 14.7. The third-order valence-corrected chi connectivity index (χ3v) is 3.11. The maximum Gasteiger partial charge on any atom is 0.238 e. The van der Waals surface area contributed by atoms with Crippen molar-refractivity contribution in [1.82, 2.24) is 15.1 Å². The van der Waals surface area contributed by atoms with Crippen LogP contribution in [0.15, 0.2) is 36.7 Å². The van der Waals surface area contributed by atoms with E-state index in [-0.39, 0.29) is 11.7 Å². The molecule has 0 saturated heterocycles. The van der Waals surface area contributed by atoms with E-state index in [1.165, 1.54) is 12.1 Å². The number of aryl methyl sites for hydroxylation is 1.